The van der Waals surface area contributed by atoms with E-state index in [0.717, 1.165) is 55.6 Å². The Morgan fingerprint density at radius 1 is 1.09 bits per heavy atom. The lowest BCUT2D eigenvalue weighted by Gasteiger charge is -2.33. The van der Waals surface area contributed by atoms with E-state index in [2.05, 4.69) is 43.0 Å². The smallest absolute Gasteiger partial charge is 0.404 e. The number of piperidine rings is 1. The highest BCUT2D eigenvalue weighted by Gasteiger charge is 2.19. The minimum Gasteiger partial charge on any atom is -0.465 e. The first-order chi connectivity index (χ1) is 17.1. The van der Waals surface area contributed by atoms with Crippen molar-refractivity contribution in [1.29, 1.82) is 0 Å². The van der Waals surface area contributed by atoms with Crippen LogP contribution in [0.5, 0.6) is 0 Å². The summed E-state index contributed by atoms with van der Waals surface area (Å²) in [5, 5.41) is 17.6. The SMILES string of the molecule is O=Cc1cnc(Nc2ccc(N3CCC(CCNC(=O)O)CC3)cc2)nc1NCc1ccccc1. The van der Waals surface area contributed by atoms with Crippen molar-refractivity contribution < 1.29 is 14.7 Å². The fourth-order valence-corrected chi connectivity index (χ4v) is 4.21. The van der Waals surface area contributed by atoms with Crippen molar-refractivity contribution in [3.05, 3.63) is 71.9 Å². The molecular weight excluding hydrogens is 444 g/mol. The summed E-state index contributed by atoms with van der Waals surface area (Å²) >= 11 is 0. The Morgan fingerprint density at radius 2 is 1.83 bits per heavy atom. The third-order valence-electron chi connectivity index (χ3n) is 6.18. The molecule has 1 amide bonds. The lowest BCUT2D eigenvalue weighted by atomic mass is 9.93. The van der Waals surface area contributed by atoms with E-state index in [-0.39, 0.29) is 0 Å². The average molecular weight is 475 g/mol. The fourth-order valence-electron chi connectivity index (χ4n) is 4.21. The molecule has 1 saturated heterocycles. The zero-order valence-corrected chi connectivity index (χ0v) is 19.5. The van der Waals surface area contributed by atoms with Crippen LogP contribution < -0.4 is 20.9 Å². The highest BCUT2D eigenvalue weighted by Crippen LogP contribution is 2.27. The Labute approximate surface area is 204 Å². The van der Waals surface area contributed by atoms with Gasteiger partial charge >= 0.3 is 6.09 Å². The molecule has 0 aliphatic carbocycles. The first-order valence-electron chi connectivity index (χ1n) is 11.8. The topological polar surface area (TPSA) is 119 Å². The van der Waals surface area contributed by atoms with Gasteiger partial charge in [-0.1, -0.05) is 30.3 Å². The van der Waals surface area contributed by atoms with Gasteiger partial charge in [-0.15, -0.1) is 0 Å². The van der Waals surface area contributed by atoms with E-state index in [1.165, 1.54) is 6.20 Å². The zero-order valence-electron chi connectivity index (χ0n) is 19.5. The van der Waals surface area contributed by atoms with Gasteiger partial charge in [-0.2, -0.15) is 4.98 Å². The van der Waals surface area contributed by atoms with Crippen LogP contribution in [0.25, 0.3) is 0 Å². The molecule has 0 bridgehead atoms. The minimum atomic E-state index is -0.958. The second-order valence-electron chi connectivity index (χ2n) is 8.58. The Balaban J connectivity index is 1.32. The molecule has 0 radical (unpaired) electrons. The van der Waals surface area contributed by atoms with Crippen molar-refractivity contribution >= 4 is 35.5 Å². The first-order valence-corrected chi connectivity index (χ1v) is 11.8. The molecule has 4 N–H and O–H groups in total. The number of carboxylic acid groups (broad SMARTS) is 1. The number of rotatable bonds is 10. The van der Waals surface area contributed by atoms with Gasteiger partial charge in [0, 0.05) is 43.8 Å². The van der Waals surface area contributed by atoms with Crippen LogP contribution in [0.15, 0.2) is 60.8 Å². The normalized spacial score (nSPS) is 13.8. The zero-order chi connectivity index (χ0) is 24.5. The van der Waals surface area contributed by atoms with Gasteiger partial charge in [0.1, 0.15) is 5.82 Å². The number of carbonyl (C=O) groups excluding carboxylic acids is 1. The highest BCUT2D eigenvalue weighted by atomic mass is 16.4. The molecular formula is C26H30N6O3. The summed E-state index contributed by atoms with van der Waals surface area (Å²) in [4.78, 5) is 33.1. The van der Waals surface area contributed by atoms with Crippen LogP contribution >= 0.6 is 0 Å². The van der Waals surface area contributed by atoms with Crippen LogP contribution in [0.3, 0.4) is 0 Å². The van der Waals surface area contributed by atoms with E-state index in [4.69, 9.17) is 5.11 Å². The Morgan fingerprint density at radius 3 is 2.51 bits per heavy atom. The van der Waals surface area contributed by atoms with Crippen LogP contribution in [0.2, 0.25) is 0 Å². The maximum Gasteiger partial charge on any atom is 0.404 e. The first kappa shape index (κ1) is 24.0. The minimum absolute atomic E-state index is 0.406. The molecule has 9 heteroatoms. The molecule has 2 aromatic carbocycles. The van der Waals surface area contributed by atoms with Crippen LogP contribution in [0.4, 0.5) is 27.9 Å². The van der Waals surface area contributed by atoms with Crippen molar-refractivity contribution in [2.24, 2.45) is 5.92 Å². The number of hydrogen-bond donors (Lipinski definition) is 4. The molecule has 1 fully saturated rings. The van der Waals surface area contributed by atoms with Crippen molar-refractivity contribution in [3.63, 3.8) is 0 Å². The lowest BCUT2D eigenvalue weighted by molar-refractivity contribution is 0.112. The number of carbonyl (C=O) groups is 2. The third-order valence-corrected chi connectivity index (χ3v) is 6.18. The Bertz CT molecular complexity index is 1120. The summed E-state index contributed by atoms with van der Waals surface area (Å²) in [5.41, 5.74) is 3.51. The number of nitrogens with zero attached hydrogens (tertiary/aromatic N) is 3. The molecule has 0 spiro atoms. The van der Waals surface area contributed by atoms with E-state index in [0.29, 0.717) is 36.3 Å². The molecule has 35 heavy (non-hydrogen) atoms. The number of benzene rings is 2. The molecule has 4 rings (SSSR count). The number of anilines is 4. The lowest BCUT2D eigenvalue weighted by Crippen LogP contribution is -2.35. The predicted molar refractivity (Wildman–Crippen MR) is 136 cm³/mol. The molecule has 1 aliphatic rings. The van der Waals surface area contributed by atoms with Gasteiger partial charge in [0.05, 0.1) is 5.56 Å². The molecule has 182 valence electrons. The standard InChI is InChI=1S/C26H30N6O3/c33-18-21-17-29-25(31-24(21)28-16-20-4-2-1-3-5-20)30-22-6-8-23(9-7-22)32-14-11-19(12-15-32)10-13-27-26(34)35/h1-9,17-19,27H,10-16H2,(H,34,35)(H2,28,29,30,31). The quantitative estimate of drug-likeness (QED) is 0.317. The van der Waals surface area contributed by atoms with Gasteiger partial charge in [0.2, 0.25) is 5.95 Å². The fraction of sp³-hybridized carbons (Fsp3) is 0.308. The summed E-state index contributed by atoms with van der Waals surface area (Å²) in [6.45, 7) is 2.98. The van der Waals surface area contributed by atoms with E-state index in [1.807, 2.05) is 42.5 Å². The van der Waals surface area contributed by atoms with Gasteiger partial charge in [0.15, 0.2) is 6.29 Å². The molecule has 0 unspecified atom stereocenters. The van der Waals surface area contributed by atoms with Gasteiger partial charge in [-0.05, 0) is 55.0 Å². The summed E-state index contributed by atoms with van der Waals surface area (Å²) in [6.07, 6.45) is 4.29. The van der Waals surface area contributed by atoms with Crippen molar-refractivity contribution in [1.82, 2.24) is 15.3 Å². The molecule has 3 aromatic rings. The highest BCUT2D eigenvalue weighted by molar-refractivity contribution is 5.82. The van der Waals surface area contributed by atoms with Crippen molar-refractivity contribution in [2.75, 3.05) is 35.2 Å². The summed E-state index contributed by atoms with van der Waals surface area (Å²) in [5.74, 6) is 1.45. The van der Waals surface area contributed by atoms with E-state index >= 15 is 0 Å². The van der Waals surface area contributed by atoms with Gasteiger partial charge in [-0.3, -0.25) is 4.79 Å². The third kappa shape index (κ3) is 6.92. The number of aromatic nitrogens is 2. The van der Waals surface area contributed by atoms with Crippen molar-refractivity contribution in [3.8, 4) is 0 Å². The van der Waals surface area contributed by atoms with Gasteiger partial charge in [0.25, 0.3) is 0 Å². The number of aldehydes is 1. The Hall–Kier alpha value is -4.14. The van der Waals surface area contributed by atoms with Crippen LogP contribution in [-0.2, 0) is 6.54 Å². The number of hydrogen-bond acceptors (Lipinski definition) is 7. The monoisotopic (exact) mass is 474 g/mol. The second kappa shape index (κ2) is 11.8. The van der Waals surface area contributed by atoms with Crippen LogP contribution in [0, 0.1) is 5.92 Å². The van der Waals surface area contributed by atoms with Crippen LogP contribution in [0.1, 0.15) is 35.2 Å². The van der Waals surface area contributed by atoms with E-state index < -0.39 is 6.09 Å². The maximum absolute atomic E-state index is 11.4. The van der Waals surface area contributed by atoms with E-state index in [9.17, 15) is 9.59 Å². The molecule has 2 heterocycles. The number of nitrogens with one attached hydrogen (secondary N) is 3. The second-order valence-corrected chi connectivity index (χ2v) is 8.58. The van der Waals surface area contributed by atoms with Gasteiger partial charge < -0.3 is 26.0 Å². The van der Waals surface area contributed by atoms with Gasteiger partial charge in [-0.25, -0.2) is 9.78 Å². The van der Waals surface area contributed by atoms with E-state index in [1.54, 1.807) is 0 Å². The van der Waals surface area contributed by atoms with Crippen LogP contribution in [-0.4, -0.2) is 47.1 Å². The number of amides is 1. The average Bonchev–Trinajstić information content (AvgIpc) is 2.89. The molecule has 0 atom stereocenters. The summed E-state index contributed by atoms with van der Waals surface area (Å²) < 4.78 is 0. The summed E-state index contributed by atoms with van der Waals surface area (Å²) in [6, 6.07) is 18.0. The summed E-state index contributed by atoms with van der Waals surface area (Å²) in [7, 11) is 0. The molecule has 0 saturated carbocycles. The molecule has 9 nitrogen and oxygen atoms in total. The molecule has 1 aromatic heterocycles. The maximum atomic E-state index is 11.4. The predicted octanol–water partition coefficient (Wildman–Crippen LogP) is 4.52. The molecule has 1 aliphatic heterocycles. The largest absolute Gasteiger partial charge is 0.465 e. The van der Waals surface area contributed by atoms with Crippen molar-refractivity contribution in [2.45, 2.75) is 25.8 Å². The Kier molecular flexibility index (Phi) is 8.11.